The molecule has 2 heterocycles. The number of hydrogen-bond donors (Lipinski definition) is 2. The van der Waals surface area contributed by atoms with Gasteiger partial charge in [0, 0.05) is 20.8 Å². The van der Waals surface area contributed by atoms with E-state index in [0.29, 0.717) is 20.4 Å². The largest absolute Gasteiger partial charge is 0.332 e. The van der Waals surface area contributed by atoms with Crippen molar-refractivity contribution < 1.29 is 4.79 Å². The van der Waals surface area contributed by atoms with Crippen molar-refractivity contribution in [3.05, 3.63) is 80.6 Å². The number of rotatable bonds is 4. The fourth-order valence-corrected chi connectivity index (χ4v) is 5.57. The third-order valence-corrected chi connectivity index (χ3v) is 7.67. The number of benzene rings is 3. The predicted octanol–water partition coefficient (Wildman–Crippen LogP) is 6.94. The van der Waals surface area contributed by atoms with E-state index in [0.717, 1.165) is 39.0 Å². The van der Waals surface area contributed by atoms with Gasteiger partial charge in [-0.25, -0.2) is 0 Å². The van der Waals surface area contributed by atoms with Gasteiger partial charge in [-0.2, -0.15) is 4.80 Å². The molecule has 0 aliphatic carbocycles. The Balaban J connectivity index is 1.35. The maximum atomic E-state index is 12.9. The molecule has 0 aliphatic rings. The van der Waals surface area contributed by atoms with Crippen LogP contribution in [-0.2, 0) is 6.42 Å². The van der Waals surface area contributed by atoms with Crippen LogP contribution in [0, 0.1) is 6.92 Å². The quantitative estimate of drug-likeness (QED) is 0.242. The highest BCUT2D eigenvalue weighted by molar-refractivity contribution is 7.80. The van der Waals surface area contributed by atoms with Crippen LogP contribution in [0.4, 0.5) is 5.69 Å². The van der Waals surface area contributed by atoms with Gasteiger partial charge in [0.1, 0.15) is 15.9 Å². The third kappa shape index (κ3) is 4.75. The maximum absolute atomic E-state index is 12.9. The van der Waals surface area contributed by atoms with Crippen molar-refractivity contribution in [3.8, 4) is 5.69 Å². The van der Waals surface area contributed by atoms with Crippen LogP contribution in [0.25, 0.3) is 26.8 Å². The Morgan fingerprint density at radius 1 is 1.06 bits per heavy atom. The van der Waals surface area contributed by atoms with Crippen LogP contribution in [0.15, 0.2) is 54.6 Å². The molecule has 3 aromatic carbocycles. The van der Waals surface area contributed by atoms with Gasteiger partial charge in [0.15, 0.2) is 5.11 Å². The zero-order valence-electron chi connectivity index (χ0n) is 18.7. The van der Waals surface area contributed by atoms with Crippen LogP contribution in [0.3, 0.4) is 0 Å². The van der Waals surface area contributed by atoms with Crippen LogP contribution in [0.5, 0.6) is 0 Å². The summed E-state index contributed by atoms with van der Waals surface area (Å²) >= 11 is 19.2. The van der Waals surface area contributed by atoms with E-state index in [-0.39, 0.29) is 11.0 Å². The van der Waals surface area contributed by atoms with Crippen molar-refractivity contribution in [3.63, 3.8) is 0 Å². The van der Waals surface area contributed by atoms with Crippen molar-refractivity contribution in [2.45, 2.75) is 20.3 Å². The van der Waals surface area contributed by atoms with Crippen LogP contribution in [0.1, 0.15) is 27.7 Å². The van der Waals surface area contributed by atoms with Crippen molar-refractivity contribution in [2.75, 3.05) is 5.32 Å². The van der Waals surface area contributed by atoms with Gasteiger partial charge in [-0.1, -0.05) is 48.3 Å². The van der Waals surface area contributed by atoms with Gasteiger partial charge in [0.05, 0.1) is 10.7 Å². The first-order valence-corrected chi connectivity index (χ1v) is 12.8. The minimum absolute atomic E-state index is 0.159. The minimum atomic E-state index is -0.384. The second-order valence-electron chi connectivity index (χ2n) is 7.96. The molecule has 0 saturated heterocycles. The third-order valence-electron chi connectivity index (χ3n) is 5.57. The molecular weight excluding hydrogens is 521 g/mol. The van der Waals surface area contributed by atoms with E-state index in [9.17, 15) is 4.79 Å². The molecule has 5 rings (SSSR count). The Bertz CT molecular complexity index is 1610. The number of carbonyl (C=O) groups excluding carboxylic acids is 1. The van der Waals surface area contributed by atoms with Crippen LogP contribution >= 0.6 is 46.8 Å². The Labute approximate surface area is 220 Å². The van der Waals surface area contributed by atoms with Gasteiger partial charge >= 0.3 is 0 Å². The summed E-state index contributed by atoms with van der Waals surface area (Å²) in [6.45, 7) is 4.06. The fourth-order valence-electron chi connectivity index (χ4n) is 3.68. The number of amides is 1. The highest BCUT2D eigenvalue weighted by Gasteiger charge is 2.19. The van der Waals surface area contributed by atoms with Gasteiger partial charge < -0.3 is 5.32 Å². The molecule has 1 amide bonds. The zero-order valence-corrected chi connectivity index (χ0v) is 21.9. The molecule has 35 heavy (non-hydrogen) atoms. The first kappa shape index (κ1) is 23.7. The molecular formula is C25H19Cl2N5OS2. The van der Waals surface area contributed by atoms with E-state index in [1.807, 2.05) is 31.2 Å². The van der Waals surface area contributed by atoms with Crippen molar-refractivity contribution >= 4 is 84.6 Å². The van der Waals surface area contributed by atoms with Crippen molar-refractivity contribution in [2.24, 2.45) is 0 Å². The molecule has 2 N–H and O–H groups in total. The number of aromatic nitrogens is 3. The number of fused-ring (bicyclic) bond motifs is 2. The number of carbonyl (C=O) groups is 1. The summed E-state index contributed by atoms with van der Waals surface area (Å²) in [6, 6.07) is 17.3. The molecule has 10 heteroatoms. The average molecular weight is 541 g/mol. The zero-order chi connectivity index (χ0) is 24.7. The van der Waals surface area contributed by atoms with Crippen LogP contribution in [-0.4, -0.2) is 26.0 Å². The number of thiophene rings is 1. The fraction of sp³-hybridized carbons (Fsp3) is 0.120. The second kappa shape index (κ2) is 9.54. The van der Waals surface area contributed by atoms with Crippen molar-refractivity contribution in [1.82, 2.24) is 20.3 Å². The summed E-state index contributed by atoms with van der Waals surface area (Å²) in [5.74, 6) is -0.384. The van der Waals surface area contributed by atoms with E-state index in [1.165, 1.54) is 16.9 Å². The first-order valence-electron chi connectivity index (χ1n) is 10.8. The summed E-state index contributed by atoms with van der Waals surface area (Å²) in [5.41, 5.74) is 5.25. The summed E-state index contributed by atoms with van der Waals surface area (Å²) in [5, 5.41) is 16.9. The molecule has 0 fully saturated rings. The second-order valence-corrected chi connectivity index (χ2v) is 10.2. The minimum Gasteiger partial charge on any atom is -0.332 e. The number of thiocarbonyl (C=S) groups is 1. The molecule has 0 saturated carbocycles. The lowest BCUT2D eigenvalue weighted by Gasteiger charge is -2.11. The molecule has 176 valence electrons. The SMILES string of the molecule is CCc1ccc(-n2nc3cc(C)c(NC(=S)NC(=O)c4sc5cc(Cl)ccc5c4Cl)cc3n2)cc1. The maximum Gasteiger partial charge on any atom is 0.269 e. The standard InChI is InChI=1S/C25H19Cl2N5OS2/c1-3-14-4-7-16(8-5-14)32-30-19-10-13(2)18(12-20(19)31-32)28-25(34)29-24(33)23-22(27)17-9-6-15(26)11-21(17)35-23/h4-12H,3H2,1-2H3,(H2,28,29,33,34). The van der Waals surface area contributed by atoms with E-state index >= 15 is 0 Å². The van der Waals surface area contributed by atoms with Crippen LogP contribution < -0.4 is 10.6 Å². The lowest BCUT2D eigenvalue weighted by Crippen LogP contribution is -2.34. The molecule has 0 unspecified atom stereocenters. The van der Waals surface area contributed by atoms with E-state index in [1.54, 1.807) is 23.0 Å². The lowest BCUT2D eigenvalue weighted by molar-refractivity contribution is 0.0982. The molecule has 0 spiro atoms. The summed E-state index contributed by atoms with van der Waals surface area (Å²) < 4.78 is 0.834. The summed E-state index contributed by atoms with van der Waals surface area (Å²) in [6.07, 6.45) is 0.975. The van der Waals surface area contributed by atoms with Gasteiger partial charge in [-0.15, -0.1) is 21.5 Å². The van der Waals surface area contributed by atoms with Gasteiger partial charge in [0.2, 0.25) is 0 Å². The topological polar surface area (TPSA) is 71.8 Å². The Morgan fingerprint density at radius 2 is 1.77 bits per heavy atom. The Kier molecular flexibility index (Phi) is 6.46. The summed E-state index contributed by atoms with van der Waals surface area (Å²) in [7, 11) is 0. The highest BCUT2D eigenvalue weighted by Crippen LogP contribution is 2.36. The highest BCUT2D eigenvalue weighted by atomic mass is 35.5. The van der Waals surface area contributed by atoms with Crippen LogP contribution in [0.2, 0.25) is 10.0 Å². The average Bonchev–Trinajstić information content (AvgIpc) is 3.39. The summed E-state index contributed by atoms with van der Waals surface area (Å²) in [4.78, 5) is 14.8. The van der Waals surface area contributed by atoms with E-state index in [4.69, 9.17) is 35.4 Å². The number of nitrogens with zero attached hydrogens (tertiary/aromatic N) is 3. The molecule has 0 atom stereocenters. The first-order chi connectivity index (χ1) is 16.8. The molecule has 2 aromatic heterocycles. The van der Waals surface area contributed by atoms with Crippen molar-refractivity contribution in [1.29, 1.82) is 0 Å². The van der Waals surface area contributed by atoms with E-state index < -0.39 is 0 Å². The Hall–Kier alpha value is -3.04. The number of nitrogens with one attached hydrogen (secondary N) is 2. The smallest absolute Gasteiger partial charge is 0.269 e. The normalized spacial score (nSPS) is 11.2. The van der Waals surface area contributed by atoms with Gasteiger partial charge in [-0.3, -0.25) is 10.1 Å². The number of halogens is 2. The lowest BCUT2D eigenvalue weighted by atomic mass is 10.2. The number of anilines is 1. The predicted molar refractivity (Wildman–Crippen MR) is 149 cm³/mol. The molecule has 0 radical (unpaired) electrons. The molecule has 0 aliphatic heterocycles. The van der Waals surface area contributed by atoms with E-state index in [2.05, 4.69) is 39.9 Å². The van der Waals surface area contributed by atoms with Gasteiger partial charge in [0.25, 0.3) is 5.91 Å². The Morgan fingerprint density at radius 3 is 2.49 bits per heavy atom. The number of aryl methyl sites for hydroxylation is 2. The molecule has 6 nitrogen and oxygen atoms in total. The number of hydrogen-bond acceptors (Lipinski definition) is 5. The molecule has 0 bridgehead atoms. The molecule has 5 aromatic rings. The van der Waals surface area contributed by atoms with Gasteiger partial charge in [-0.05, 0) is 73.1 Å². The monoisotopic (exact) mass is 539 g/mol.